The van der Waals surface area contributed by atoms with Crippen LogP contribution < -0.4 is 5.73 Å². The molecule has 1 aliphatic heterocycles. The van der Waals surface area contributed by atoms with Crippen molar-refractivity contribution < 1.29 is 19.3 Å². The minimum absolute atomic E-state index is 0.0643. The van der Waals surface area contributed by atoms with Crippen LogP contribution in [-0.4, -0.2) is 46.1 Å². The van der Waals surface area contributed by atoms with E-state index in [0.29, 0.717) is 24.7 Å². The number of aliphatic hydroxyl groups excluding tert-OH is 1. The number of nitrogens with two attached hydrogens (primary N) is 1. The number of nitrogen functional groups attached to an aromatic ring is 1. The Balaban J connectivity index is 0.000000222. The SMILES string of the molecule is Nc1ncnc2c1c(-c1ccccc1)cn2C(OCCO)c1ccccc1.c1ccc(C2OCCO2)cc1. The van der Waals surface area contributed by atoms with Crippen molar-refractivity contribution in [1.29, 1.82) is 0 Å². The number of hydrogen-bond acceptors (Lipinski definition) is 7. The monoisotopic (exact) mass is 510 g/mol. The molecular formula is C30H30N4O4. The number of ether oxygens (including phenoxy) is 3. The summed E-state index contributed by atoms with van der Waals surface area (Å²) in [6.07, 6.45) is 2.88. The molecule has 1 aliphatic rings. The maximum absolute atomic E-state index is 9.27. The van der Waals surface area contributed by atoms with Crippen molar-refractivity contribution in [2.75, 3.05) is 32.2 Å². The van der Waals surface area contributed by atoms with Gasteiger partial charge in [-0.1, -0.05) is 91.0 Å². The standard InChI is InChI=1S/C21H20N4O2.C9H10O2/c22-19-18-17(15-7-3-1-4-8-15)13-25(20(18)24-14-23-19)21(27-12-11-26)16-9-5-2-6-10-16;1-2-4-8(5-3-1)9-10-6-7-11-9/h1-10,13-14,21,26H,11-12H2,(H2,22,23,24);1-5,9H,6-7H2. The highest BCUT2D eigenvalue weighted by atomic mass is 16.7. The van der Waals surface area contributed by atoms with Crippen molar-refractivity contribution >= 4 is 16.9 Å². The first kappa shape index (κ1) is 25.6. The van der Waals surface area contributed by atoms with Crippen molar-refractivity contribution in [3.05, 3.63) is 115 Å². The smallest absolute Gasteiger partial charge is 0.184 e. The third-order valence-corrected chi connectivity index (χ3v) is 6.12. The zero-order chi connectivity index (χ0) is 26.2. The van der Waals surface area contributed by atoms with Crippen molar-refractivity contribution in [3.63, 3.8) is 0 Å². The molecule has 38 heavy (non-hydrogen) atoms. The first-order valence-corrected chi connectivity index (χ1v) is 12.5. The molecule has 3 N–H and O–H groups in total. The number of anilines is 1. The first-order chi connectivity index (χ1) is 18.8. The largest absolute Gasteiger partial charge is 0.394 e. The van der Waals surface area contributed by atoms with E-state index in [-0.39, 0.29) is 19.5 Å². The molecule has 0 saturated carbocycles. The van der Waals surface area contributed by atoms with Gasteiger partial charge in [0.2, 0.25) is 0 Å². The van der Waals surface area contributed by atoms with Crippen LogP contribution in [0.4, 0.5) is 5.82 Å². The number of rotatable bonds is 7. The first-order valence-electron chi connectivity index (χ1n) is 12.5. The van der Waals surface area contributed by atoms with Crippen LogP contribution in [-0.2, 0) is 14.2 Å². The van der Waals surface area contributed by atoms with E-state index in [0.717, 1.165) is 27.6 Å². The number of aromatic nitrogens is 3. The fraction of sp³-hybridized carbons (Fsp3) is 0.200. The second kappa shape index (κ2) is 12.4. The van der Waals surface area contributed by atoms with E-state index in [1.54, 1.807) is 0 Å². The molecule has 3 aromatic carbocycles. The minimum atomic E-state index is -0.437. The summed E-state index contributed by atoms with van der Waals surface area (Å²) in [6.45, 7) is 1.56. The summed E-state index contributed by atoms with van der Waals surface area (Å²) in [6, 6.07) is 29.8. The highest BCUT2D eigenvalue weighted by Crippen LogP contribution is 2.35. The number of benzene rings is 3. The molecule has 0 radical (unpaired) electrons. The molecule has 1 atom stereocenters. The molecule has 2 aromatic heterocycles. The average molecular weight is 511 g/mol. The molecule has 0 aliphatic carbocycles. The van der Waals surface area contributed by atoms with Crippen LogP contribution in [0.1, 0.15) is 23.6 Å². The Morgan fingerprint density at radius 2 is 1.53 bits per heavy atom. The topological polar surface area (TPSA) is 105 Å². The van der Waals surface area contributed by atoms with Gasteiger partial charge in [-0.2, -0.15) is 0 Å². The number of hydrogen-bond donors (Lipinski definition) is 2. The molecule has 5 aromatic rings. The normalized spacial score (nSPS) is 14.2. The Morgan fingerprint density at radius 1 is 0.895 bits per heavy atom. The number of fused-ring (bicyclic) bond motifs is 1. The lowest BCUT2D eigenvalue weighted by Crippen LogP contribution is -2.16. The average Bonchev–Trinajstić information content (AvgIpc) is 3.65. The van der Waals surface area contributed by atoms with Gasteiger partial charge in [0.1, 0.15) is 17.8 Å². The predicted octanol–water partition coefficient (Wildman–Crippen LogP) is 4.97. The number of aliphatic hydroxyl groups is 1. The summed E-state index contributed by atoms with van der Waals surface area (Å²) < 4.78 is 18.6. The lowest BCUT2D eigenvalue weighted by molar-refractivity contribution is -0.0441. The summed E-state index contributed by atoms with van der Waals surface area (Å²) in [5.41, 5.74) is 10.9. The molecule has 0 bridgehead atoms. The van der Waals surface area contributed by atoms with Crippen LogP contribution in [0.3, 0.4) is 0 Å². The van der Waals surface area contributed by atoms with E-state index in [1.807, 2.05) is 102 Å². The second-order valence-electron chi connectivity index (χ2n) is 8.62. The third-order valence-electron chi connectivity index (χ3n) is 6.12. The summed E-state index contributed by atoms with van der Waals surface area (Å²) >= 11 is 0. The highest BCUT2D eigenvalue weighted by molar-refractivity contribution is 6.00. The van der Waals surface area contributed by atoms with Gasteiger partial charge >= 0.3 is 0 Å². The van der Waals surface area contributed by atoms with Gasteiger partial charge < -0.3 is 29.6 Å². The van der Waals surface area contributed by atoms with Crippen molar-refractivity contribution in [2.24, 2.45) is 0 Å². The maximum atomic E-state index is 9.27. The van der Waals surface area contributed by atoms with Gasteiger partial charge in [-0.15, -0.1) is 0 Å². The van der Waals surface area contributed by atoms with E-state index in [2.05, 4.69) is 9.97 Å². The van der Waals surface area contributed by atoms with Crippen molar-refractivity contribution in [3.8, 4) is 11.1 Å². The van der Waals surface area contributed by atoms with E-state index in [4.69, 9.17) is 19.9 Å². The Labute approximate surface area is 221 Å². The molecule has 8 nitrogen and oxygen atoms in total. The molecule has 1 unspecified atom stereocenters. The van der Waals surface area contributed by atoms with Crippen LogP contribution in [0.25, 0.3) is 22.2 Å². The Kier molecular flexibility index (Phi) is 8.37. The molecule has 0 amide bonds. The Hall–Kier alpha value is -4.08. The molecular weight excluding hydrogens is 480 g/mol. The van der Waals surface area contributed by atoms with E-state index in [1.165, 1.54) is 6.33 Å². The molecule has 194 valence electrons. The molecule has 3 heterocycles. The van der Waals surface area contributed by atoms with E-state index < -0.39 is 6.23 Å². The maximum Gasteiger partial charge on any atom is 0.184 e. The lowest BCUT2D eigenvalue weighted by atomic mass is 10.1. The Morgan fingerprint density at radius 3 is 2.18 bits per heavy atom. The summed E-state index contributed by atoms with van der Waals surface area (Å²) in [7, 11) is 0. The lowest BCUT2D eigenvalue weighted by Gasteiger charge is -2.20. The van der Waals surface area contributed by atoms with Crippen LogP contribution in [0.15, 0.2) is 104 Å². The zero-order valence-corrected chi connectivity index (χ0v) is 20.9. The van der Waals surface area contributed by atoms with E-state index >= 15 is 0 Å². The van der Waals surface area contributed by atoms with Crippen molar-refractivity contribution in [1.82, 2.24) is 14.5 Å². The fourth-order valence-electron chi connectivity index (χ4n) is 4.40. The molecule has 8 heteroatoms. The third kappa shape index (κ3) is 5.74. The highest BCUT2D eigenvalue weighted by Gasteiger charge is 2.22. The number of nitrogens with zero attached hydrogens (tertiary/aromatic N) is 3. The summed E-state index contributed by atoms with van der Waals surface area (Å²) in [5.74, 6) is 0.423. The predicted molar refractivity (Wildman–Crippen MR) is 146 cm³/mol. The van der Waals surface area contributed by atoms with Gasteiger partial charge in [0.25, 0.3) is 0 Å². The van der Waals surface area contributed by atoms with Crippen LogP contribution in [0.5, 0.6) is 0 Å². The van der Waals surface area contributed by atoms with Gasteiger partial charge in [0.15, 0.2) is 12.5 Å². The Bertz CT molecular complexity index is 1420. The van der Waals surface area contributed by atoms with Crippen molar-refractivity contribution in [2.45, 2.75) is 12.5 Å². The fourth-order valence-corrected chi connectivity index (χ4v) is 4.40. The van der Waals surface area contributed by atoms with E-state index in [9.17, 15) is 5.11 Å². The summed E-state index contributed by atoms with van der Waals surface area (Å²) in [5, 5.41) is 10.1. The molecule has 1 saturated heterocycles. The van der Waals surface area contributed by atoms with Gasteiger partial charge in [-0.3, -0.25) is 0 Å². The quantitative estimate of drug-likeness (QED) is 0.319. The van der Waals surface area contributed by atoms with Crippen LogP contribution in [0.2, 0.25) is 0 Å². The summed E-state index contributed by atoms with van der Waals surface area (Å²) in [4.78, 5) is 8.65. The minimum Gasteiger partial charge on any atom is -0.394 e. The second-order valence-corrected chi connectivity index (χ2v) is 8.62. The molecule has 0 spiro atoms. The van der Waals surface area contributed by atoms with Crippen LogP contribution >= 0.6 is 0 Å². The van der Waals surface area contributed by atoms with Gasteiger partial charge in [-0.25, -0.2) is 9.97 Å². The van der Waals surface area contributed by atoms with Gasteiger partial charge in [0, 0.05) is 22.9 Å². The van der Waals surface area contributed by atoms with Gasteiger partial charge in [0.05, 0.1) is 31.8 Å². The van der Waals surface area contributed by atoms with Gasteiger partial charge in [-0.05, 0) is 5.56 Å². The molecule has 1 fully saturated rings. The van der Waals surface area contributed by atoms with Crippen LogP contribution in [0, 0.1) is 0 Å². The molecule has 6 rings (SSSR count). The zero-order valence-electron chi connectivity index (χ0n) is 20.9.